The molecule has 2 aromatic rings. The number of aromatic nitrogens is 2. The van der Waals surface area contributed by atoms with E-state index >= 15 is 0 Å². The summed E-state index contributed by atoms with van der Waals surface area (Å²) in [7, 11) is 0. The largest absolute Gasteiger partial charge is 0.481 e. The minimum absolute atomic E-state index is 0.176. The van der Waals surface area contributed by atoms with Gasteiger partial charge in [0.25, 0.3) is 5.56 Å². The number of carboxylic acid groups (broad SMARTS) is 1. The zero-order valence-electron chi connectivity index (χ0n) is 12.9. The van der Waals surface area contributed by atoms with E-state index in [1.165, 1.54) is 22.3 Å². The topological polar surface area (TPSA) is 92.5 Å². The van der Waals surface area contributed by atoms with Crippen LogP contribution in [0.15, 0.2) is 34.4 Å². The highest BCUT2D eigenvalue weighted by Crippen LogP contribution is 2.21. The first-order valence-corrected chi connectivity index (χ1v) is 8.55. The Morgan fingerprint density at radius 1 is 1.33 bits per heavy atom. The molecule has 0 unspecified atom stereocenters. The first-order chi connectivity index (χ1) is 11.5. The molecule has 0 aromatic carbocycles. The van der Waals surface area contributed by atoms with Crippen molar-refractivity contribution in [3.63, 3.8) is 0 Å². The Morgan fingerprint density at radius 2 is 2.17 bits per heavy atom. The van der Waals surface area contributed by atoms with Gasteiger partial charge in [0.2, 0.25) is 5.91 Å². The Labute approximate surface area is 142 Å². The second-order valence-electron chi connectivity index (χ2n) is 5.71. The van der Waals surface area contributed by atoms with Crippen LogP contribution < -0.4 is 5.56 Å². The van der Waals surface area contributed by atoms with Crippen molar-refractivity contribution in [3.8, 4) is 10.6 Å². The lowest BCUT2D eigenvalue weighted by atomic mass is 9.98. The van der Waals surface area contributed by atoms with Gasteiger partial charge in [-0.1, -0.05) is 6.07 Å². The zero-order chi connectivity index (χ0) is 17.1. The van der Waals surface area contributed by atoms with Crippen molar-refractivity contribution in [1.29, 1.82) is 0 Å². The van der Waals surface area contributed by atoms with Gasteiger partial charge in [0, 0.05) is 19.2 Å². The van der Waals surface area contributed by atoms with Crippen molar-refractivity contribution >= 4 is 23.2 Å². The van der Waals surface area contributed by atoms with Crippen LogP contribution >= 0.6 is 11.3 Å². The molecule has 0 saturated carbocycles. The van der Waals surface area contributed by atoms with Gasteiger partial charge in [-0.3, -0.25) is 14.4 Å². The first-order valence-electron chi connectivity index (χ1n) is 7.67. The Balaban J connectivity index is 1.75. The Kier molecular flexibility index (Phi) is 4.75. The third-order valence-corrected chi connectivity index (χ3v) is 4.94. The number of likely N-dealkylation sites (tertiary alicyclic amines) is 1. The second-order valence-corrected chi connectivity index (χ2v) is 6.66. The number of piperidine rings is 1. The number of carboxylic acids is 1. The Hall–Kier alpha value is -2.48. The van der Waals surface area contributed by atoms with Crippen molar-refractivity contribution < 1.29 is 14.7 Å². The van der Waals surface area contributed by atoms with E-state index in [4.69, 9.17) is 5.11 Å². The summed E-state index contributed by atoms with van der Waals surface area (Å²) in [4.78, 5) is 37.9. The van der Waals surface area contributed by atoms with Crippen LogP contribution in [0.3, 0.4) is 0 Å². The molecule has 8 heteroatoms. The number of thiophene rings is 1. The fraction of sp³-hybridized carbons (Fsp3) is 0.375. The quantitative estimate of drug-likeness (QED) is 0.900. The van der Waals surface area contributed by atoms with Gasteiger partial charge in [0.1, 0.15) is 12.2 Å². The summed E-state index contributed by atoms with van der Waals surface area (Å²) >= 11 is 1.50. The van der Waals surface area contributed by atoms with E-state index in [9.17, 15) is 14.4 Å². The third kappa shape index (κ3) is 3.53. The van der Waals surface area contributed by atoms with E-state index in [2.05, 4.69) is 5.10 Å². The highest BCUT2D eigenvalue weighted by Gasteiger charge is 2.28. The zero-order valence-corrected chi connectivity index (χ0v) is 13.7. The molecule has 1 saturated heterocycles. The predicted molar refractivity (Wildman–Crippen MR) is 88.7 cm³/mol. The number of carbonyl (C=O) groups excluding carboxylic acids is 1. The Bertz CT molecular complexity index is 800. The molecule has 1 aliphatic rings. The third-order valence-electron chi connectivity index (χ3n) is 4.05. The lowest BCUT2D eigenvalue weighted by molar-refractivity contribution is -0.145. The summed E-state index contributed by atoms with van der Waals surface area (Å²) in [5, 5.41) is 15.3. The summed E-state index contributed by atoms with van der Waals surface area (Å²) in [6.07, 6.45) is 1.23. The molecule has 0 radical (unpaired) electrons. The van der Waals surface area contributed by atoms with Gasteiger partial charge < -0.3 is 10.0 Å². The number of carbonyl (C=O) groups is 2. The number of amides is 1. The van der Waals surface area contributed by atoms with Crippen LogP contribution in [0.4, 0.5) is 0 Å². The van der Waals surface area contributed by atoms with Crippen molar-refractivity contribution in [2.75, 3.05) is 13.1 Å². The molecular formula is C16H17N3O4S. The Morgan fingerprint density at radius 3 is 2.88 bits per heavy atom. The van der Waals surface area contributed by atoms with Gasteiger partial charge in [-0.05, 0) is 30.4 Å². The predicted octanol–water partition coefficient (Wildman–Crippen LogP) is 1.29. The van der Waals surface area contributed by atoms with E-state index in [0.29, 0.717) is 25.1 Å². The van der Waals surface area contributed by atoms with Crippen LogP contribution in [-0.2, 0) is 16.1 Å². The maximum absolute atomic E-state index is 12.4. The van der Waals surface area contributed by atoms with Crippen molar-refractivity contribution in [2.24, 2.45) is 5.92 Å². The lowest BCUT2D eigenvalue weighted by Crippen LogP contribution is -2.44. The number of hydrogen-bond donors (Lipinski definition) is 1. The van der Waals surface area contributed by atoms with Gasteiger partial charge in [-0.25, -0.2) is 4.68 Å². The smallest absolute Gasteiger partial charge is 0.308 e. The molecule has 0 aliphatic carbocycles. The van der Waals surface area contributed by atoms with E-state index in [1.54, 1.807) is 6.07 Å². The average molecular weight is 347 g/mol. The summed E-state index contributed by atoms with van der Waals surface area (Å²) in [6, 6.07) is 6.82. The van der Waals surface area contributed by atoms with Crippen LogP contribution in [0.2, 0.25) is 0 Å². The molecule has 7 nitrogen and oxygen atoms in total. The molecule has 126 valence electrons. The van der Waals surface area contributed by atoms with Crippen molar-refractivity contribution in [1.82, 2.24) is 14.7 Å². The standard InChI is InChI=1S/C16H17N3O4S/c20-14-6-5-12(13-4-2-8-24-13)17-19(14)10-15(21)18-7-1-3-11(9-18)16(22)23/h2,4-6,8,11H,1,3,7,9-10H2,(H,22,23)/t11-/m0/s1. The number of nitrogens with zero attached hydrogens (tertiary/aromatic N) is 3. The van der Waals surface area contributed by atoms with Gasteiger partial charge in [0.05, 0.1) is 10.8 Å². The molecule has 0 bridgehead atoms. The van der Waals surface area contributed by atoms with Crippen molar-refractivity contribution in [2.45, 2.75) is 19.4 Å². The minimum atomic E-state index is -0.887. The molecule has 3 rings (SSSR count). The van der Waals surface area contributed by atoms with E-state index in [1.807, 2.05) is 17.5 Å². The highest BCUT2D eigenvalue weighted by atomic mass is 32.1. The fourth-order valence-corrected chi connectivity index (χ4v) is 3.44. The van der Waals surface area contributed by atoms with Crippen LogP contribution in [0.5, 0.6) is 0 Å². The summed E-state index contributed by atoms with van der Waals surface area (Å²) in [5.41, 5.74) is 0.287. The normalized spacial score (nSPS) is 17.7. The minimum Gasteiger partial charge on any atom is -0.481 e. The van der Waals surface area contributed by atoms with Gasteiger partial charge in [-0.15, -0.1) is 11.3 Å². The van der Waals surface area contributed by atoms with Crippen LogP contribution in [0.1, 0.15) is 12.8 Å². The maximum Gasteiger partial charge on any atom is 0.308 e. The maximum atomic E-state index is 12.4. The first kappa shape index (κ1) is 16.4. The molecule has 24 heavy (non-hydrogen) atoms. The number of rotatable bonds is 4. The molecule has 1 amide bonds. The van der Waals surface area contributed by atoms with E-state index < -0.39 is 11.9 Å². The highest BCUT2D eigenvalue weighted by molar-refractivity contribution is 7.13. The van der Waals surface area contributed by atoms with Gasteiger partial charge in [-0.2, -0.15) is 5.10 Å². The van der Waals surface area contributed by atoms with Gasteiger partial charge >= 0.3 is 5.97 Å². The monoisotopic (exact) mass is 347 g/mol. The summed E-state index contributed by atoms with van der Waals surface area (Å²) in [5.74, 6) is -1.70. The SMILES string of the molecule is O=C(O)[C@H]1CCCN(C(=O)Cn2nc(-c3cccs3)ccc2=O)C1. The molecule has 1 fully saturated rings. The molecule has 1 N–H and O–H groups in total. The average Bonchev–Trinajstić information content (AvgIpc) is 3.11. The van der Waals surface area contributed by atoms with E-state index in [0.717, 1.165) is 9.56 Å². The lowest BCUT2D eigenvalue weighted by Gasteiger charge is -2.30. The van der Waals surface area contributed by atoms with Gasteiger partial charge in [0.15, 0.2) is 0 Å². The van der Waals surface area contributed by atoms with Crippen LogP contribution in [0, 0.1) is 5.92 Å². The molecular weight excluding hydrogens is 330 g/mol. The summed E-state index contributed by atoms with van der Waals surface area (Å²) in [6.45, 7) is 0.528. The number of hydrogen-bond acceptors (Lipinski definition) is 5. The van der Waals surface area contributed by atoms with Crippen molar-refractivity contribution in [3.05, 3.63) is 40.0 Å². The molecule has 1 atom stereocenters. The number of aliphatic carboxylic acids is 1. The molecule has 3 heterocycles. The summed E-state index contributed by atoms with van der Waals surface area (Å²) < 4.78 is 1.14. The molecule has 2 aromatic heterocycles. The van der Waals surface area contributed by atoms with Crippen LogP contribution in [0.25, 0.3) is 10.6 Å². The molecule has 1 aliphatic heterocycles. The molecule has 0 spiro atoms. The van der Waals surface area contributed by atoms with Crippen LogP contribution in [-0.4, -0.2) is 44.8 Å². The second kappa shape index (κ2) is 6.96. The van der Waals surface area contributed by atoms with E-state index in [-0.39, 0.29) is 24.6 Å². The fourth-order valence-electron chi connectivity index (χ4n) is 2.75.